The van der Waals surface area contributed by atoms with Crippen molar-refractivity contribution in [3.05, 3.63) is 35.4 Å². The van der Waals surface area contributed by atoms with Crippen LogP contribution in [0.15, 0.2) is 24.3 Å². The standard InChI is InChI=1S/C12H12O6/c1-2-9-12(15,16)18-11(14)8-5-3-7(4-6-8)10(13)17-9/h3-6,9,15-16H,2H2,1H3. The SMILES string of the molecule is CCC1OC(=O)c2ccc(cc2)C(=O)OC1(O)O. The van der Waals surface area contributed by atoms with Crippen molar-refractivity contribution in [2.75, 3.05) is 0 Å². The van der Waals surface area contributed by atoms with Crippen molar-refractivity contribution < 1.29 is 29.3 Å². The van der Waals surface area contributed by atoms with Crippen LogP contribution in [0.2, 0.25) is 0 Å². The van der Waals surface area contributed by atoms with Crippen molar-refractivity contribution in [1.29, 1.82) is 0 Å². The van der Waals surface area contributed by atoms with Gasteiger partial charge in [0, 0.05) is 0 Å². The summed E-state index contributed by atoms with van der Waals surface area (Å²) < 4.78 is 9.44. The lowest BCUT2D eigenvalue weighted by molar-refractivity contribution is -0.349. The Morgan fingerprint density at radius 3 is 2.11 bits per heavy atom. The van der Waals surface area contributed by atoms with Crippen LogP contribution in [0.3, 0.4) is 0 Å². The summed E-state index contributed by atoms with van der Waals surface area (Å²) in [7, 11) is 0. The average Bonchev–Trinajstić information content (AvgIpc) is 2.34. The van der Waals surface area contributed by atoms with E-state index in [-0.39, 0.29) is 17.5 Å². The van der Waals surface area contributed by atoms with Crippen molar-refractivity contribution in [3.63, 3.8) is 0 Å². The Kier molecular flexibility index (Phi) is 3.06. The maximum Gasteiger partial charge on any atom is 0.363 e. The number of hydrogen-bond acceptors (Lipinski definition) is 6. The van der Waals surface area contributed by atoms with Crippen molar-refractivity contribution in [2.24, 2.45) is 0 Å². The molecule has 2 N–H and O–H groups in total. The van der Waals surface area contributed by atoms with Gasteiger partial charge >= 0.3 is 17.9 Å². The van der Waals surface area contributed by atoms with E-state index in [2.05, 4.69) is 4.74 Å². The molecular formula is C12H12O6. The van der Waals surface area contributed by atoms with Crippen LogP contribution >= 0.6 is 0 Å². The lowest BCUT2D eigenvalue weighted by Gasteiger charge is -2.29. The van der Waals surface area contributed by atoms with E-state index < -0.39 is 24.0 Å². The van der Waals surface area contributed by atoms with Crippen LogP contribution < -0.4 is 0 Å². The first-order valence-corrected chi connectivity index (χ1v) is 5.43. The average molecular weight is 252 g/mol. The molecule has 2 heterocycles. The van der Waals surface area contributed by atoms with Crippen LogP contribution in [0, 0.1) is 0 Å². The van der Waals surface area contributed by atoms with Crippen molar-refractivity contribution >= 4 is 11.9 Å². The highest BCUT2D eigenvalue weighted by Gasteiger charge is 2.42. The molecule has 0 aliphatic carbocycles. The molecule has 2 aliphatic rings. The third-order valence-corrected chi connectivity index (χ3v) is 2.64. The van der Waals surface area contributed by atoms with E-state index in [1.807, 2.05) is 0 Å². The molecule has 1 atom stereocenters. The highest BCUT2D eigenvalue weighted by Crippen LogP contribution is 2.22. The lowest BCUT2D eigenvalue weighted by atomic mass is 10.1. The van der Waals surface area contributed by atoms with Gasteiger partial charge in [-0.1, -0.05) is 6.92 Å². The summed E-state index contributed by atoms with van der Waals surface area (Å²) >= 11 is 0. The topological polar surface area (TPSA) is 93.1 Å². The van der Waals surface area contributed by atoms with E-state index in [1.165, 1.54) is 24.3 Å². The van der Waals surface area contributed by atoms with Gasteiger partial charge in [0.2, 0.25) is 0 Å². The number of hydrogen-bond donors (Lipinski definition) is 2. The first kappa shape index (κ1) is 12.5. The maximum atomic E-state index is 11.7. The fourth-order valence-corrected chi connectivity index (χ4v) is 1.63. The Balaban J connectivity index is 2.46. The molecular weight excluding hydrogens is 240 g/mol. The first-order chi connectivity index (χ1) is 8.44. The zero-order valence-electron chi connectivity index (χ0n) is 9.62. The molecule has 18 heavy (non-hydrogen) atoms. The molecule has 6 nitrogen and oxygen atoms in total. The summed E-state index contributed by atoms with van der Waals surface area (Å²) in [5.41, 5.74) is 0.346. The number of aliphatic hydroxyl groups is 2. The molecule has 2 aliphatic heterocycles. The van der Waals surface area contributed by atoms with Gasteiger partial charge in [0.05, 0.1) is 11.1 Å². The van der Waals surface area contributed by atoms with Crippen molar-refractivity contribution in [2.45, 2.75) is 25.4 Å². The van der Waals surface area contributed by atoms with Crippen LogP contribution in [0.25, 0.3) is 0 Å². The van der Waals surface area contributed by atoms with E-state index in [0.717, 1.165) is 0 Å². The quantitative estimate of drug-likeness (QED) is 0.556. The fourth-order valence-electron chi connectivity index (χ4n) is 1.63. The monoisotopic (exact) mass is 252 g/mol. The third-order valence-electron chi connectivity index (χ3n) is 2.64. The molecule has 0 radical (unpaired) electrons. The molecule has 0 saturated carbocycles. The minimum atomic E-state index is -2.84. The molecule has 3 rings (SSSR count). The van der Waals surface area contributed by atoms with Gasteiger partial charge in [-0.15, -0.1) is 0 Å². The van der Waals surface area contributed by atoms with Gasteiger partial charge in [0.1, 0.15) is 0 Å². The van der Waals surface area contributed by atoms with Crippen LogP contribution in [-0.4, -0.2) is 34.2 Å². The zero-order chi connectivity index (χ0) is 13.3. The normalized spacial score (nSPS) is 22.3. The van der Waals surface area contributed by atoms with Crippen LogP contribution in [0.1, 0.15) is 34.1 Å². The summed E-state index contributed by atoms with van der Waals surface area (Å²) in [4.78, 5) is 23.3. The summed E-state index contributed by atoms with van der Waals surface area (Å²) in [5.74, 6) is -4.45. The second-order valence-corrected chi connectivity index (χ2v) is 3.93. The predicted molar refractivity (Wildman–Crippen MR) is 58.5 cm³/mol. The summed E-state index contributed by atoms with van der Waals surface area (Å²) in [5, 5.41) is 19.3. The summed E-state index contributed by atoms with van der Waals surface area (Å²) in [6.07, 6.45) is -1.26. The molecule has 1 unspecified atom stereocenters. The van der Waals surface area contributed by atoms with Gasteiger partial charge < -0.3 is 19.7 Å². The Hall–Kier alpha value is -1.92. The Morgan fingerprint density at radius 2 is 1.61 bits per heavy atom. The van der Waals surface area contributed by atoms with Gasteiger partial charge in [-0.3, -0.25) is 0 Å². The number of fused-ring (bicyclic) bond motifs is 7. The number of carbonyl (C=O) groups is 2. The number of benzene rings is 1. The smallest absolute Gasteiger partial charge is 0.363 e. The van der Waals surface area contributed by atoms with E-state index in [9.17, 15) is 19.8 Å². The maximum absolute atomic E-state index is 11.7. The molecule has 1 aromatic rings. The Morgan fingerprint density at radius 1 is 1.11 bits per heavy atom. The lowest BCUT2D eigenvalue weighted by Crippen LogP contribution is -2.48. The van der Waals surface area contributed by atoms with Crippen molar-refractivity contribution in [1.82, 2.24) is 0 Å². The molecule has 0 aromatic heterocycles. The Bertz CT molecular complexity index is 476. The van der Waals surface area contributed by atoms with Crippen LogP contribution in [0.5, 0.6) is 0 Å². The van der Waals surface area contributed by atoms with Gasteiger partial charge in [0.25, 0.3) is 0 Å². The summed E-state index contributed by atoms with van der Waals surface area (Å²) in [6.45, 7) is 1.57. The van der Waals surface area contributed by atoms with E-state index in [1.54, 1.807) is 6.92 Å². The first-order valence-electron chi connectivity index (χ1n) is 5.43. The van der Waals surface area contributed by atoms with E-state index >= 15 is 0 Å². The zero-order valence-corrected chi connectivity index (χ0v) is 9.62. The molecule has 6 heteroatoms. The van der Waals surface area contributed by atoms with Gasteiger partial charge in [-0.05, 0) is 30.7 Å². The predicted octanol–water partition coefficient (Wildman–Crippen LogP) is 0.431. The molecule has 0 spiro atoms. The molecule has 2 bridgehead atoms. The van der Waals surface area contributed by atoms with Crippen LogP contribution in [-0.2, 0) is 9.47 Å². The van der Waals surface area contributed by atoms with E-state index in [0.29, 0.717) is 0 Å². The van der Waals surface area contributed by atoms with Gasteiger partial charge in [-0.2, -0.15) is 0 Å². The van der Waals surface area contributed by atoms with Gasteiger partial charge in [-0.25, -0.2) is 9.59 Å². The Labute approximate surface area is 103 Å². The van der Waals surface area contributed by atoms with Crippen molar-refractivity contribution in [3.8, 4) is 0 Å². The summed E-state index contributed by atoms with van der Waals surface area (Å²) in [6, 6.07) is 5.52. The second-order valence-electron chi connectivity index (χ2n) is 3.93. The molecule has 1 aromatic carbocycles. The van der Waals surface area contributed by atoms with E-state index in [4.69, 9.17) is 4.74 Å². The number of ether oxygens (including phenoxy) is 2. The third kappa shape index (κ3) is 2.20. The minimum Gasteiger partial charge on any atom is -0.449 e. The molecule has 96 valence electrons. The number of rotatable bonds is 1. The highest BCUT2D eigenvalue weighted by molar-refractivity contribution is 5.93. The molecule has 0 saturated heterocycles. The highest BCUT2D eigenvalue weighted by atomic mass is 16.8. The number of esters is 2. The fraction of sp³-hybridized carbons (Fsp3) is 0.333. The number of carbonyl (C=O) groups excluding carboxylic acids is 2. The van der Waals surface area contributed by atoms with Crippen LogP contribution in [0.4, 0.5) is 0 Å². The largest absolute Gasteiger partial charge is 0.449 e. The van der Waals surface area contributed by atoms with Gasteiger partial charge in [0.15, 0.2) is 6.10 Å². The molecule has 0 fully saturated rings. The minimum absolute atomic E-state index is 0.0854. The second kappa shape index (κ2) is 4.40. The molecule has 0 amide bonds.